The number of thiazole rings is 1. The van der Waals surface area contributed by atoms with Crippen LogP contribution < -0.4 is 9.54 Å². The summed E-state index contributed by atoms with van der Waals surface area (Å²) >= 11 is 7.61. The van der Waals surface area contributed by atoms with Crippen molar-refractivity contribution in [2.75, 3.05) is 20.3 Å². The van der Waals surface area contributed by atoms with E-state index in [0.29, 0.717) is 34.3 Å². The van der Waals surface area contributed by atoms with E-state index in [4.69, 9.17) is 25.8 Å². The number of ether oxygens (including phenoxy) is 3. The Kier molecular flexibility index (Phi) is 5.84. The average molecular weight is 437 g/mol. The van der Waals surface area contributed by atoms with Crippen molar-refractivity contribution in [3.05, 3.63) is 44.2 Å². The Labute approximate surface area is 179 Å². The van der Waals surface area contributed by atoms with E-state index in [0.717, 1.165) is 30.7 Å². The Hall–Kier alpha value is -1.67. The summed E-state index contributed by atoms with van der Waals surface area (Å²) in [6, 6.07) is 4.97. The number of fused-ring (bicyclic) bond motifs is 1. The standard InChI is InChI=1S/C21H25ClN2O4S/c1-21(2)18-16(8-10-28-21)24(12-14-5-4-9-27-14)20(29-18)23-19(25)15-11-13(22)6-7-17(15)26-3/h6-7,11,14H,4-5,8-10,12H2,1-3H3/t14-/m1/s1. The van der Waals surface area contributed by atoms with Crippen molar-refractivity contribution in [3.63, 3.8) is 0 Å². The molecule has 1 amide bonds. The van der Waals surface area contributed by atoms with Crippen LogP contribution in [0.1, 0.15) is 47.6 Å². The summed E-state index contributed by atoms with van der Waals surface area (Å²) < 4.78 is 19.3. The summed E-state index contributed by atoms with van der Waals surface area (Å²) in [5.74, 6) is 0.0848. The Morgan fingerprint density at radius 3 is 2.97 bits per heavy atom. The maximum atomic E-state index is 13.0. The molecule has 1 saturated heterocycles. The number of aromatic nitrogens is 1. The minimum absolute atomic E-state index is 0.148. The second-order valence-corrected chi connectivity index (χ2v) is 9.19. The molecule has 0 saturated carbocycles. The van der Waals surface area contributed by atoms with Crippen molar-refractivity contribution in [2.24, 2.45) is 4.99 Å². The van der Waals surface area contributed by atoms with E-state index in [2.05, 4.69) is 23.4 Å². The Balaban J connectivity index is 1.81. The molecule has 6 nitrogen and oxygen atoms in total. The number of halogens is 1. The summed E-state index contributed by atoms with van der Waals surface area (Å²) in [5.41, 5.74) is 1.14. The van der Waals surface area contributed by atoms with Crippen LogP contribution in [0.2, 0.25) is 5.02 Å². The van der Waals surface area contributed by atoms with Crippen LogP contribution in [-0.2, 0) is 28.0 Å². The van der Waals surface area contributed by atoms with Gasteiger partial charge in [-0.3, -0.25) is 4.79 Å². The first-order valence-electron chi connectivity index (χ1n) is 9.80. The molecule has 8 heteroatoms. The van der Waals surface area contributed by atoms with Gasteiger partial charge in [-0.15, -0.1) is 0 Å². The van der Waals surface area contributed by atoms with E-state index in [1.165, 1.54) is 24.1 Å². The highest BCUT2D eigenvalue weighted by Crippen LogP contribution is 2.35. The van der Waals surface area contributed by atoms with Crippen LogP contribution in [0.5, 0.6) is 5.75 Å². The largest absolute Gasteiger partial charge is 0.496 e. The molecule has 1 atom stereocenters. The lowest BCUT2D eigenvalue weighted by Gasteiger charge is -2.30. The van der Waals surface area contributed by atoms with E-state index in [-0.39, 0.29) is 12.0 Å². The molecular formula is C21H25ClN2O4S. The molecule has 4 rings (SSSR count). The fourth-order valence-corrected chi connectivity index (χ4v) is 5.30. The van der Waals surface area contributed by atoms with Gasteiger partial charge in [0, 0.05) is 23.7 Å². The zero-order valence-electron chi connectivity index (χ0n) is 16.9. The first kappa shape index (κ1) is 20.6. The summed E-state index contributed by atoms with van der Waals surface area (Å²) in [6.45, 7) is 6.25. The molecule has 0 unspecified atom stereocenters. The molecule has 1 aromatic carbocycles. The van der Waals surface area contributed by atoms with Crippen molar-refractivity contribution >= 4 is 28.8 Å². The molecule has 0 aliphatic carbocycles. The zero-order chi connectivity index (χ0) is 20.6. The minimum Gasteiger partial charge on any atom is -0.496 e. The molecule has 29 heavy (non-hydrogen) atoms. The number of methoxy groups -OCH3 is 1. The lowest BCUT2D eigenvalue weighted by molar-refractivity contribution is -0.0303. The van der Waals surface area contributed by atoms with Gasteiger partial charge < -0.3 is 18.8 Å². The average Bonchev–Trinajstić information content (AvgIpc) is 3.31. The highest BCUT2D eigenvalue weighted by molar-refractivity contribution is 7.09. The van der Waals surface area contributed by atoms with Crippen molar-refractivity contribution < 1.29 is 19.0 Å². The van der Waals surface area contributed by atoms with Crippen molar-refractivity contribution in [1.29, 1.82) is 0 Å². The summed E-state index contributed by atoms with van der Waals surface area (Å²) in [7, 11) is 1.53. The molecule has 0 spiro atoms. The van der Waals surface area contributed by atoms with Gasteiger partial charge in [0.15, 0.2) is 4.80 Å². The highest BCUT2D eigenvalue weighted by atomic mass is 35.5. The van der Waals surface area contributed by atoms with Crippen LogP contribution in [-0.4, -0.2) is 36.9 Å². The smallest absolute Gasteiger partial charge is 0.283 e. The van der Waals surface area contributed by atoms with E-state index >= 15 is 0 Å². The summed E-state index contributed by atoms with van der Waals surface area (Å²) in [5, 5.41) is 0.469. The Morgan fingerprint density at radius 1 is 1.41 bits per heavy atom. The third kappa shape index (κ3) is 4.14. The van der Waals surface area contributed by atoms with E-state index in [1.54, 1.807) is 18.2 Å². The fourth-order valence-electron chi connectivity index (χ4n) is 3.89. The number of hydrogen-bond donors (Lipinski definition) is 0. The van der Waals surface area contributed by atoms with Gasteiger partial charge in [0.25, 0.3) is 5.91 Å². The summed E-state index contributed by atoms with van der Waals surface area (Å²) in [6.07, 6.45) is 3.03. The molecule has 0 radical (unpaired) electrons. The van der Waals surface area contributed by atoms with Gasteiger partial charge >= 0.3 is 0 Å². The van der Waals surface area contributed by atoms with Crippen molar-refractivity contribution in [1.82, 2.24) is 4.57 Å². The van der Waals surface area contributed by atoms with Crippen LogP contribution in [0.3, 0.4) is 0 Å². The maximum Gasteiger partial charge on any atom is 0.283 e. The monoisotopic (exact) mass is 436 g/mol. The second kappa shape index (κ2) is 8.22. The summed E-state index contributed by atoms with van der Waals surface area (Å²) in [4.78, 5) is 19.3. The molecule has 2 aliphatic heterocycles. The predicted molar refractivity (Wildman–Crippen MR) is 112 cm³/mol. The lowest BCUT2D eigenvalue weighted by Crippen LogP contribution is -2.31. The molecule has 0 N–H and O–H groups in total. The zero-order valence-corrected chi connectivity index (χ0v) is 18.4. The van der Waals surface area contributed by atoms with E-state index in [9.17, 15) is 4.79 Å². The van der Waals surface area contributed by atoms with E-state index < -0.39 is 5.60 Å². The first-order chi connectivity index (χ1) is 13.9. The molecule has 2 aromatic rings. The molecule has 0 bridgehead atoms. The number of rotatable bonds is 4. The SMILES string of the molecule is COc1ccc(Cl)cc1C(=O)N=c1sc2c(n1C[C@H]1CCCO1)CCOC2(C)C. The van der Waals surface area contributed by atoms with Crippen molar-refractivity contribution in [2.45, 2.75) is 51.4 Å². The van der Waals surface area contributed by atoms with Crippen LogP contribution in [0.15, 0.2) is 23.2 Å². The Bertz CT molecular complexity index is 989. The molecular weight excluding hydrogens is 412 g/mol. The predicted octanol–water partition coefficient (Wildman–Crippen LogP) is 3.94. The third-order valence-electron chi connectivity index (χ3n) is 5.36. The van der Waals surface area contributed by atoms with Gasteiger partial charge in [-0.1, -0.05) is 22.9 Å². The van der Waals surface area contributed by atoms with Gasteiger partial charge in [0.2, 0.25) is 0 Å². The fraction of sp³-hybridized carbons (Fsp3) is 0.524. The van der Waals surface area contributed by atoms with Crippen LogP contribution >= 0.6 is 22.9 Å². The molecule has 1 aromatic heterocycles. The molecule has 2 aliphatic rings. The van der Waals surface area contributed by atoms with E-state index in [1.807, 2.05) is 0 Å². The number of amides is 1. The van der Waals surface area contributed by atoms with Crippen LogP contribution in [0.25, 0.3) is 0 Å². The highest BCUT2D eigenvalue weighted by Gasteiger charge is 2.34. The number of benzene rings is 1. The maximum absolute atomic E-state index is 13.0. The second-order valence-electron chi connectivity index (χ2n) is 7.78. The number of hydrogen-bond acceptors (Lipinski definition) is 5. The van der Waals surface area contributed by atoms with Crippen LogP contribution in [0.4, 0.5) is 0 Å². The van der Waals surface area contributed by atoms with Gasteiger partial charge in [0.05, 0.1) is 42.4 Å². The normalized spacial score (nSPS) is 21.2. The Morgan fingerprint density at radius 2 is 2.24 bits per heavy atom. The van der Waals surface area contributed by atoms with Gasteiger partial charge in [0.1, 0.15) is 5.75 Å². The molecule has 1 fully saturated rings. The quantitative estimate of drug-likeness (QED) is 0.728. The lowest BCUT2D eigenvalue weighted by atomic mass is 10.0. The topological polar surface area (TPSA) is 62.0 Å². The van der Waals surface area contributed by atoms with Crippen LogP contribution in [0, 0.1) is 0 Å². The third-order valence-corrected chi connectivity index (χ3v) is 7.02. The molecule has 3 heterocycles. The first-order valence-corrected chi connectivity index (χ1v) is 11.0. The van der Waals surface area contributed by atoms with Gasteiger partial charge in [-0.05, 0) is 44.9 Å². The number of carbonyl (C=O) groups is 1. The molecule has 156 valence electrons. The van der Waals surface area contributed by atoms with Gasteiger partial charge in [-0.2, -0.15) is 4.99 Å². The van der Waals surface area contributed by atoms with Gasteiger partial charge in [-0.25, -0.2) is 0 Å². The number of carbonyl (C=O) groups excluding carboxylic acids is 1. The minimum atomic E-state index is -0.402. The number of nitrogens with zero attached hydrogens (tertiary/aromatic N) is 2. The van der Waals surface area contributed by atoms with Crippen molar-refractivity contribution in [3.8, 4) is 5.75 Å².